The molecule has 0 radical (unpaired) electrons. The zero-order chi connectivity index (χ0) is 15.3. The van der Waals surface area contributed by atoms with Crippen LogP contribution in [0.2, 0.25) is 0 Å². The van der Waals surface area contributed by atoms with Crippen LogP contribution in [-0.2, 0) is 9.84 Å². The molecule has 5 heteroatoms. The highest BCUT2D eigenvalue weighted by molar-refractivity contribution is 7.91. The number of nitrogens with zero attached hydrogens (tertiary/aromatic N) is 1. The van der Waals surface area contributed by atoms with Crippen LogP contribution in [-0.4, -0.2) is 38.7 Å². The van der Waals surface area contributed by atoms with Crippen molar-refractivity contribution in [1.82, 2.24) is 4.90 Å². The molecule has 4 nitrogen and oxygen atoms in total. The van der Waals surface area contributed by atoms with Crippen LogP contribution in [0.5, 0.6) is 0 Å². The van der Waals surface area contributed by atoms with Crippen LogP contribution in [0, 0.1) is 0 Å². The van der Waals surface area contributed by atoms with E-state index in [0.29, 0.717) is 17.9 Å². The molecule has 1 aromatic carbocycles. The molecule has 0 bridgehead atoms. The Kier molecular flexibility index (Phi) is 5.79. The van der Waals surface area contributed by atoms with Crippen molar-refractivity contribution in [2.75, 3.05) is 25.4 Å². The van der Waals surface area contributed by atoms with Crippen molar-refractivity contribution in [2.45, 2.75) is 43.5 Å². The van der Waals surface area contributed by atoms with Gasteiger partial charge in [-0.3, -0.25) is 4.90 Å². The molecule has 0 saturated carbocycles. The Morgan fingerprint density at radius 3 is 2.29 bits per heavy atom. The molecular formula is C16H26N2O2S. The quantitative estimate of drug-likeness (QED) is 0.876. The van der Waals surface area contributed by atoms with Gasteiger partial charge in [0.05, 0.1) is 10.6 Å². The van der Waals surface area contributed by atoms with Gasteiger partial charge in [-0.25, -0.2) is 8.42 Å². The number of rotatable bonds is 6. The van der Waals surface area contributed by atoms with E-state index in [1.807, 2.05) is 19.1 Å². The molecule has 1 heterocycles. The summed E-state index contributed by atoms with van der Waals surface area (Å²) < 4.78 is 24.1. The van der Waals surface area contributed by atoms with Crippen LogP contribution < -0.4 is 5.73 Å². The molecule has 2 N–H and O–H groups in total. The van der Waals surface area contributed by atoms with E-state index in [-0.39, 0.29) is 11.8 Å². The highest BCUT2D eigenvalue weighted by Crippen LogP contribution is 2.25. The lowest BCUT2D eigenvalue weighted by molar-refractivity contribution is 0.167. The highest BCUT2D eigenvalue weighted by Gasteiger charge is 2.21. The van der Waals surface area contributed by atoms with Gasteiger partial charge in [0.15, 0.2) is 9.84 Å². The number of likely N-dealkylation sites (tertiary alicyclic amines) is 1. The second kappa shape index (κ2) is 7.38. The van der Waals surface area contributed by atoms with Crippen molar-refractivity contribution >= 4 is 9.84 Å². The molecule has 1 unspecified atom stereocenters. The lowest BCUT2D eigenvalue weighted by atomic mass is 10.0. The van der Waals surface area contributed by atoms with Crippen molar-refractivity contribution in [3.8, 4) is 0 Å². The molecule has 0 spiro atoms. The van der Waals surface area contributed by atoms with E-state index in [2.05, 4.69) is 4.90 Å². The van der Waals surface area contributed by atoms with Crippen LogP contribution in [0.3, 0.4) is 0 Å². The van der Waals surface area contributed by atoms with Crippen LogP contribution in [0.25, 0.3) is 0 Å². The topological polar surface area (TPSA) is 63.4 Å². The van der Waals surface area contributed by atoms with E-state index in [4.69, 9.17) is 5.73 Å². The summed E-state index contributed by atoms with van der Waals surface area (Å²) in [6.45, 7) is 4.61. The average molecular weight is 310 g/mol. The summed E-state index contributed by atoms with van der Waals surface area (Å²) in [7, 11) is -3.13. The van der Waals surface area contributed by atoms with Crippen LogP contribution in [0.4, 0.5) is 0 Å². The smallest absolute Gasteiger partial charge is 0.178 e. The third kappa shape index (κ3) is 4.05. The van der Waals surface area contributed by atoms with Gasteiger partial charge in [-0.15, -0.1) is 0 Å². The molecular weight excluding hydrogens is 284 g/mol. The minimum atomic E-state index is -3.13. The van der Waals surface area contributed by atoms with E-state index in [9.17, 15) is 8.42 Å². The summed E-state index contributed by atoms with van der Waals surface area (Å²) in [6, 6.07) is 7.51. The van der Waals surface area contributed by atoms with Gasteiger partial charge in [-0.05, 0) is 50.0 Å². The Morgan fingerprint density at radius 2 is 1.76 bits per heavy atom. The second-order valence-corrected chi connectivity index (χ2v) is 7.85. The van der Waals surface area contributed by atoms with Crippen LogP contribution in [0.15, 0.2) is 29.2 Å². The number of benzene rings is 1. The summed E-state index contributed by atoms with van der Waals surface area (Å²) >= 11 is 0. The molecule has 2 rings (SSSR count). The Hall–Kier alpha value is -0.910. The fourth-order valence-electron chi connectivity index (χ4n) is 3.01. The first-order chi connectivity index (χ1) is 10.1. The van der Waals surface area contributed by atoms with Crippen molar-refractivity contribution < 1.29 is 8.42 Å². The standard InChI is InChI=1S/C16H26N2O2S/c1-2-12-21(19,20)15-8-6-14(7-9-15)16(13-17)18-10-4-3-5-11-18/h6-9,16H,2-5,10-13,17H2,1H3. The van der Waals surface area contributed by atoms with Gasteiger partial charge in [0.25, 0.3) is 0 Å². The maximum Gasteiger partial charge on any atom is 0.178 e. The third-order valence-corrected chi connectivity index (χ3v) is 6.09. The molecule has 1 fully saturated rings. The van der Waals surface area contributed by atoms with Gasteiger partial charge in [0.2, 0.25) is 0 Å². The van der Waals surface area contributed by atoms with E-state index >= 15 is 0 Å². The molecule has 1 aliphatic heterocycles. The minimum Gasteiger partial charge on any atom is -0.329 e. The molecule has 21 heavy (non-hydrogen) atoms. The second-order valence-electron chi connectivity index (χ2n) is 5.74. The lowest BCUT2D eigenvalue weighted by Crippen LogP contribution is -2.37. The first kappa shape index (κ1) is 16.5. The van der Waals surface area contributed by atoms with Crippen LogP contribution in [0.1, 0.15) is 44.2 Å². The molecule has 0 aromatic heterocycles. The zero-order valence-corrected chi connectivity index (χ0v) is 13.6. The SMILES string of the molecule is CCCS(=O)(=O)c1ccc(C(CN)N2CCCCC2)cc1. The first-order valence-corrected chi connectivity index (χ1v) is 9.50. The van der Waals surface area contributed by atoms with Crippen molar-refractivity contribution in [2.24, 2.45) is 5.73 Å². The molecule has 1 aromatic rings. The average Bonchev–Trinajstić information content (AvgIpc) is 2.50. The van der Waals surface area contributed by atoms with Gasteiger partial charge in [0.1, 0.15) is 0 Å². The Bertz CT molecular complexity index is 534. The summed E-state index contributed by atoms with van der Waals surface area (Å²) in [5.74, 6) is 0.207. The molecule has 0 aliphatic carbocycles. The summed E-state index contributed by atoms with van der Waals surface area (Å²) in [6.07, 6.45) is 4.38. The number of piperidine rings is 1. The Balaban J connectivity index is 2.16. The summed E-state index contributed by atoms with van der Waals surface area (Å²) in [4.78, 5) is 2.83. The largest absolute Gasteiger partial charge is 0.329 e. The highest BCUT2D eigenvalue weighted by atomic mass is 32.2. The fraction of sp³-hybridized carbons (Fsp3) is 0.625. The monoisotopic (exact) mass is 310 g/mol. The van der Waals surface area contributed by atoms with E-state index in [1.54, 1.807) is 12.1 Å². The molecule has 1 saturated heterocycles. The maximum absolute atomic E-state index is 12.0. The van der Waals surface area contributed by atoms with E-state index in [0.717, 1.165) is 18.7 Å². The predicted octanol–water partition coefficient (Wildman–Crippen LogP) is 2.36. The van der Waals surface area contributed by atoms with Crippen molar-refractivity contribution in [1.29, 1.82) is 0 Å². The zero-order valence-electron chi connectivity index (χ0n) is 12.8. The van der Waals surface area contributed by atoms with Gasteiger partial charge < -0.3 is 5.73 Å². The number of hydrogen-bond acceptors (Lipinski definition) is 4. The van der Waals surface area contributed by atoms with Crippen LogP contribution >= 0.6 is 0 Å². The van der Waals surface area contributed by atoms with E-state index in [1.165, 1.54) is 19.3 Å². The normalized spacial score (nSPS) is 18.6. The summed E-state index contributed by atoms with van der Waals surface area (Å²) in [5.41, 5.74) is 7.07. The summed E-state index contributed by atoms with van der Waals surface area (Å²) in [5, 5.41) is 0. The molecule has 1 aliphatic rings. The molecule has 0 amide bonds. The lowest BCUT2D eigenvalue weighted by Gasteiger charge is -2.34. The molecule has 1 atom stereocenters. The number of nitrogens with two attached hydrogens (primary N) is 1. The Labute approximate surface area is 128 Å². The fourth-order valence-corrected chi connectivity index (χ4v) is 4.33. The Morgan fingerprint density at radius 1 is 1.14 bits per heavy atom. The van der Waals surface area contributed by atoms with Crippen molar-refractivity contribution in [3.05, 3.63) is 29.8 Å². The maximum atomic E-state index is 12.0. The first-order valence-electron chi connectivity index (χ1n) is 7.85. The number of hydrogen-bond donors (Lipinski definition) is 1. The van der Waals surface area contributed by atoms with Gasteiger partial charge >= 0.3 is 0 Å². The van der Waals surface area contributed by atoms with E-state index < -0.39 is 9.84 Å². The van der Waals surface area contributed by atoms with Gasteiger partial charge in [-0.2, -0.15) is 0 Å². The van der Waals surface area contributed by atoms with Gasteiger partial charge in [-0.1, -0.05) is 25.5 Å². The van der Waals surface area contributed by atoms with Crippen molar-refractivity contribution in [3.63, 3.8) is 0 Å². The number of sulfone groups is 1. The molecule has 118 valence electrons. The predicted molar refractivity (Wildman–Crippen MR) is 86.0 cm³/mol. The van der Waals surface area contributed by atoms with Gasteiger partial charge in [0, 0.05) is 12.6 Å². The minimum absolute atomic E-state index is 0.202. The third-order valence-electron chi connectivity index (χ3n) is 4.15.